The summed E-state index contributed by atoms with van der Waals surface area (Å²) in [4.78, 5) is 4.46. The second-order valence-electron chi connectivity index (χ2n) is 4.46. The van der Waals surface area contributed by atoms with Gasteiger partial charge >= 0.3 is 0 Å². The molecule has 1 N–H and O–H groups in total. The Labute approximate surface area is 116 Å². The molecule has 0 amide bonds. The SMILES string of the molecule is CCNC(c1cn(C)cn1)c1ccc(Br)cc1C. The second-order valence-corrected chi connectivity index (χ2v) is 5.37. The van der Waals surface area contributed by atoms with Crippen molar-refractivity contribution < 1.29 is 0 Å². The van der Waals surface area contributed by atoms with Gasteiger partial charge in [0.25, 0.3) is 0 Å². The third kappa shape index (κ3) is 2.82. The summed E-state index contributed by atoms with van der Waals surface area (Å²) >= 11 is 3.50. The van der Waals surface area contributed by atoms with Crippen LogP contribution in [0.5, 0.6) is 0 Å². The van der Waals surface area contributed by atoms with Crippen molar-refractivity contribution in [2.24, 2.45) is 7.05 Å². The van der Waals surface area contributed by atoms with Crippen molar-refractivity contribution in [3.05, 3.63) is 52.0 Å². The number of hydrogen-bond acceptors (Lipinski definition) is 2. The molecule has 18 heavy (non-hydrogen) atoms. The minimum absolute atomic E-state index is 0.157. The maximum absolute atomic E-state index is 4.46. The fourth-order valence-corrected chi connectivity index (χ4v) is 2.60. The molecular weight excluding hydrogens is 290 g/mol. The number of halogens is 1. The number of aryl methyl sites for hydroxylation is 2. The fourth-order valence-electron chi connectivity index (χ4n) is 2.12. The van der Waals surface area contributed by atoms with Crippen LogP contribution in [0.15, 0.2) is 35.2 Å². The minimum Gasteiger partial charge on any atom is -0.340 e. The third-order valence-electron chi connectivity index (χ3n) is 2.97. The molecule has 0 aliphatic heterocycles. The Morgan fingerprint density at radius 1 is 1.44 bits per heavy atom. The maximum atomic E-state index is 4.46. The molecule has 2 rings (SSSR count). The number of aromatic nitrogens is 2. The van der Waals surface area contributed by atoms with E-state index in [0.29, 0.717) is 0 Å². The van der Waals surface area contributed by atoms with Crippen LogP contribution in [0, 0.1) is 6.92 Å². The van der Waals surface area contributed by atoms with Crippen molar-refractivity contribution in [2.75, 3.05) is 6.54 Å². The van der Waals surface area contributed by atoms with Gasteiger partial charge in [-0.1, -0.05) is 28.9 Å². The largest absolute Gasteiger partial charge is 0.340 e. The van der Waals surface area contributed by atoms with Gasteiger partial charge in [0.15, 0.2) is 0 Å². The molecule has 4 heteroatoms. The Morgan fingerprint density at radius 3 is 2.78 bits per heavy atom. The van der Waals surface area contributed by atoms with Crippen molar-refractivity contribution >= 4 is 15.9 Å². The smallest absolute Gasteiger partial charge is 0.0947 e. The zero-order valence-electron chi connectivity index (χ0n) is 10.9. The highest BCUT2D eigenvalue weighted by Gasteiger charge is 2.17. The molecule has 0 spiro atoms. The Hall–Kier alpha value is -1.13. The van der Waals surface area contributed by atoms with E-state index in [1.54, 1.807) is 0 Å². The summed E-state index contributed by atoms with van der Waals surface area (Å²) < 4.78 is 3.09. The minimum atomic E-state index is 0.157. The van der Waals surface area contributed by atoms with Crippen molar-refractivity contribution in [1.82, 2.24) is 14.9 Å². The van der Waals surface area contributed by atoms with Crippen LogP contribution in [0.2, 0.25) is 0 Å². The summed E-state index contributed by atoms with van der Waals surface area (Å²) in [5, 5.41) is 3.50. The molecule has 0 radical (unpaired) electrons. The summed E-state index contributed by atoms with van der Waals surface area (Å²) in [6, 6.07) is 6.53. The van der Waals surface area contributed by atoms with Gasteiger partial charge in [0.1, 0.15) is 0 Å². The fraction of sp³-hybridized carbons (Fsp3) is 0.357. The number of rotatable bonds is 4. The Balaban J connectivity index is 2.41. The number of hydrogen-bond donors (Lipinski definition) is 1. The quantitative estimate of drug-likeness (QED) is 0.940. The van der Waals surface area contributed by atoms with Crippen molar-refractivity contribution in [2.45, 2.75) is 19.9 Å². The van der Waals surface area contributed by atoms with Gasteiger partial charge in [-0.25, -0.2) is 4.98 Å². The monoisotopic (exact) mass is 307 g/mol. The molecule has 0 saturated heterocycles. The lowest BCUT2D eigenvalue weighted by Crippen LogP contribution is -2.23. The molecule has 1 heterocycles. The molecule has 0 saturated carbocycles. The van der Waals surface area contributed by atoms with E-state index < -0.39 is 0 Å². The Morgan fingerprint density at radius 2 is 2.22 bits per heavy atom. The van der Waals surface area contributed by atoms with Crippen LogP contribution in [0.4, 0.5) is 0 Å². The number of imidazole rings is 1. The van der Waals surface area contributed by atoms with E-state index in [1.807, 2.05) is 17.9 Å². The molecule has 96 valence electrons. The standard InChI is InChI=1S/C14H18BrN3/c1-4-16-14(13-8-18(3)9-17-13)12-6-5-11(15)7-10(12)2/h5-9,14,16H,4H2,1-3H3. The van der Waals surface area contributed by atoms with E-state index in [1.165, 1.54) is 11.1 Å². The van der Waals surface area contributed by atoms with Crippen molar-refractivity contribution in [3.63, 3.8) is 0 Å². The Bertz CT molecular complexity index is 534. The van der Waals surface area contributed by atoms with Gasteiger partial charge in [-0.2, -0.15) is 0 Å². The first kappa shape index (κ1) is 13.3. The highest BCUT2D eigenvalue weighted by Crippen LogP contribution is 2.26. The Kier molecular flexibility index (Phi) is 4.19. The van der Waals surface area contributed by atoms with E-state index in [4.69, 9.17) is 0 Å². The molecule has 0 aliphatic rings. The van der Waals surface area contributed by atoms with Gasteiger partial charge in [-0.05, 0) is 36.7 Å². The predicted molar refractivity (Wildman–Crippen MR) is 77.6 cm³/mol. The summed E-state index contributed by atoms with van der Waals surface area (Å²) in [6.45, 7) is 5.16. The second kappa shape index (κ2) is 5.67. The average molecular weight is 308 g/mol. The van der Waals surface area contributed by atoms with E-state index in [-0.39, 0.29) is 6.04 Å². The molecule has 1 aromatic carbocycles. The van der Waals surface area contributed by atoms with E-state index in [0.717, 1.165) is 16.7 Å². The molecule has 1 atom stereocenters. The lowest BCUT2D eigenvalue weighted by atomic mass is 9.99. The first-order valence-corrected chi connectivity index (χ1v) is 6.88. The highest BCUT2D eigenvalue weighted by molar-refractivity contribution is 9.10. The van der Waals surface area contributed by atoms with Crippen LogP contribution in [-0.2, 0) is 7.05 Å². The van der Waals surface area contributed by atoms with E-state index in [2.05, 4.69) is 64.5 Å². The van der Waals surface area contributed by atoms with Gasteiger partial charge in [-0.3, -0.25) is 0 Å². The molecular formula is C14H18BrN3. The summed E-state index contributed by atoms with van der Waals surface area (Å²) in [5.74, 6) is 0. The topological polar surface area (TPSA) is 29.9 Å². The molecule has 0 aliphatic carbocycles. The van der Waals surface area contributed by atoms with Gasteiger partial charge in [0.05, 0.1) is 18.1 Å². The zero-order valence-corrected chi connectivity index (χ0v) is 12.5. The van der Waals surface area contributed by atoms with Crippen LogP contribution in [0.3, 0.4) is 0 Å². The summed E-state index contributed by atoms with van der Waals surface area (Å²) in [6.07, 6.45) is 3.91. The van der Waals surface area contributed by atoms with Crippen molar-refractivity contribution in [1.29, 1.82) is 0 Å². The summed E-state index contributed by atoms with van der Waals surface area (Å²) in [7, 11) is 1.99. The lowest BCUT2D eigenvalue weighted by molar-refractivity contribution is 0.614. The van der Waals surface area contributed by atoms with Crippen molar-refractivity contribution in [3.8, 4) is 0 Å². The number of benzene rings is 1. The molecule has 3 nitrogen and oxygen atoms in total. The molecule has 1 unspecified atom stereocenters. The van der Waals surface area contributed by atoms with Gasteiger partial charge < -0.3 is 9.88 Å². The average Bonchev–Trinajstić information content (AvgIpc) is 2.73. The summed E-state index contributed by atoms with van der Waals surface area (Å²) in [5.41, 5.74) is 3.60. The third-order valence-corrected chi connectivity index (χ3v) is 3.46. The first-order chi connectivity index (χ1) is 8.61. The van der Waals surface area contributed by atoms with E-state index >= 15 is 0 Å². The van der Waals surface area contributed by atoms with Crippen LogP contribution in [0.25, 0.3) is 0 Å². The zero-order chi connectivity index (χ0) is 13.1. The van der Waals surface area contributed by atoms with Gasteiger partial charge in [0.2, 0.25) is 0 Å². The molecule has 2 aromatic rings. The van der Waals surface area contributed by atoms with Crippen LogP contribution in [-0.4, -0.2) is 16.1 Å². The lowest BCUT2D eigenvalue weighted by Gasteiger charge is -2.18. The normalized spacial score (nSPS) is 12.7. The van der Waals surface area contributed by atoms with Gasteiger partial charge in [-0.15, -0.1) is 0 Å². The highest BCUT2D eigenvalue weighted by atomic mass is 79.9. The van der Waals surface area contributed by atoms with Crippen LogP contribution >= 0.6 is 15.9 Å². The maximum Gasteiger partial charge on any atom is 0.0947 e. The first-order valence-electron chi connectivity index (χ1n) is 6.09. The van der Waals surface area contributed by atoms with Gasteiger partial charge in [0, 0.05) is 17.7 Å². The number of nitrogens with one attached hydrogen (secondary N) is 1. The predicted octanol–water partition coefficient (Wildman–Crippen LogP) is 3.19. The molecule has 0 fully saturated rings. The molecule has 0 bridgehead atoms. The van der Waals surface area contributed by atoms with Crippen LogP contribution < -0.4 is 5.32 Å². The number of nitrogens with zero attached hydrogens (tertiary/aromatic N) is 2. The molecule has 1 aromatic heterocycles. The van der Waals surface area contributed by atoms with Crippen LogP contribution in [0.1, 0.15) is 29.8 Å². The van der Waals surface area contributed by atoms with E-state index in [9.17, 15) is 0 Å².